The first kappa shape index (κ1) is 12.5. The van der Waals surface area contributed by atoms with E-state index in [1.807, 2.05) is 29.1 Å². The Bertz CT molecular complexity index is 729. The Kier molecular flexibility index (Phi) is 3.25. The number of ether oxygens (including phenoxy) is 1. The van der Waals surface area contributed by atoms with Crippen LogP contribution in [0.4, 0.5) is 0 Å². The van der Waals surface area contributed by atoms with E-state index in [1.165, 1.54) is 0 Å². The molecule has 0 aliphatic rings. The van der Waals surface area contributed by atoms with E-state index < -0.39 is 0 Å². The van der Waals surface area contributed by atoms with Crippen molar-refractivity contribution in [3.05, 3.63) is 54.2 Å². The number of imidazole rings is 1. The Labute approximate surface area is 116 Å². The van der Waals surface area contributed by atoms with Gasteiger partial charge < -0.3 is 14.3 Å². The van der Waals surface area contributed by atoms with Gasteiger partial charge in [0.25, 0.3) is 0 Å². The lowest BCUT2D eigenvalue weighted by molar-refractivity contribution is 0.0526. The molecule has 3 rings (SSSR count). The van der Waals surface area contributed by atoms with E-state index in [0.717, 1.165) is 23.0 Å². The summed E-state index contributed by atoms with van der Waals surface area (Å²) in [7, 11) is 0. The number of esters is 1. The molecular weight excluding hydrogens is 254 g/mol. The molecule has 0 saturated carbocycles. The Morgan fingerprint density at radius 2 is 2.35 bits per heavy atom. The molecule has 20 heavy (non-hydrogen) atoms. The summed E-state index contributed by atoms with van der Waals surface area (Å²) in [5.74, 6) is -0.292. The number of carbonyl (C=O) groups is 1. The zero-order chi connectivity index (χ0) is 13.9. The van der Waals surface area contributed by atoms with Crippen molar-refractivity contribution >= 4 is 16.9 Å². The second kappa shape index (κ2) is 5.21. The maximum Gasteiger partial charge on any atom is 0.338 e. The summed E-state index contributed by atoms with van der Waals surface area (Å²) in [5.41, 5.74) is 2.66. The first-order chi connectivity index (χ1) is 9.78. The maximum atomic E-state index is 11.7. The lowest BCUT2D eigenvalue weighted by atomic mass is 10.1. The van der Waals surface area contributed by atoms with Gasteiger partial charge in [0.15, 0.2) is 0 Å². The number of carbonyl (C=O) groups excluding carboxylic acids is 1. The van der Waals surface area contributed by atoms with Gasteiger partial charge in [-0.25, -0.2) is 9.78 Å². The largest absolute Gasteiger partial charge is 0.462 e. The number of H-pyrrole nitrogens is 1. The number of nitrogens with zero attached hydrogens (tertiary/aromatic N) is 2. The highest BCUT2D eigenvalue weighted by atomic mass is 16.5. The third-order valence-corrected chi connectivity index (χ3v) is 3.19. The van der Waals surface area contributed by atoms with Crippen molar-refractivity contribution in [1.82, 2.24) is 14.5 Å². The number of nitrogens with one attached hydrogen (secondary N) is 1. The van der Waals surface area contributed by atoms with E-state index in [2.05, 4.69) is 9.97 Å². The molecular formula is C15H15N3O2. The van der Waals surface area contributed by atoms with Crippen LogP contribution in [0.3, 0.4) is 0 Å². The number of rotatable bonds is 4. The van der Waals surface area contributed by atoms with Crippen LogP contribution in [-0.4, -0.2) is 27.1 Å². The van der Waals surface area contributed by atoms with Gasteiger partial charge in [0, 0.05) is 29.5 Å². The molecule has 2 aromatic heterocycles. The van der Waals surface area contributed by atoms with Crippen LogP contribution in [0.25, 0.3) is 10.9 Å². The van der Waals surface area contributed by atoms with E-state index >= 15 is 0 Å². The molecule has 1 aromatic carbocycles. The van der Waals surface area contributed by atoms with E-state index in [1.54, 1.807) is 25.5 Å². The molecule has 0 atom stereocenters. The summed E-state index contributed by atoms with van der Waals surface area (Å²) in [6.07, 6.45) is 7.42. The second-order valence-corrected chi connectivity index (χ2v) is 4.53. The minimum absolute atomic E-state index is 0.292. The van der Waals surface area contributed by atoms with Crippen LogP contribution in [0.2, 0.25) is 0 Å². The summed E-state index contributed by atoms with van der Waals surface area (Å²) in [6, 6.07) is 5.57. The highest BCUT2D eigenvalue weighted by Crippen LogP contribution is 2.21. The number of aromatic amines is 1. The van der Waals surface area contributed by atoms with Crippen LogP contribution in [0.1, 0.15) is 22.8 Å². The van der Waals surface area contributed by atoms with Crippen LogP contribution >= 0.6 is 0 Å². The van der Waals surface area contributed by atoms with Crippen LogP contribution in [0.15, 0.2) is 43.1 Å². The van der Waals surface area contributed by atoms with Crippen LogP contribution in [-0.2, 0) is 11.3 Å². The first-order valence-corrected chi connectivity index (χ1v) is 6.51. The highest BCUT2D eigenvalue weighted by Gasteiger charge is 2.10. The summed E-state index contributed by atoms with van der Waals surface area (Å²) in [4.78, 5) is 18.9. The fourth-order valence-electron chi connectivity index (χ4n) is 2.24. The molecule has 0 fully saturated rings. The van der Waals surface area contributed by atoms with Crippen LogP contribution in [0.5, 0.6) is 0 Å². The maximum absolute atomic E-state index is 11.7. The van der Waals surface area contributed by atoms with Gasteiger partial charge in [-0.1, -0.05) is 6.07 Å². The molecule has 0 bridgehead atoms. The molecule has 0 aliphatic heterocycles. The molecule has 2 heterocycles. The summed E-state index contributed by atoms with van der Waals surface area (Å²) in [6.45, 7) is 2.93. The molecule has 0 aliphatic carbocycles. The summed E-state index contributed by atoms with van der Waals surface area (Å²) >= 11 is 0. The molecule has 0 saturated heterocycles. The monoisotopic (exact) mass is 269 g/mol. The van der Waals surface area contributed by atoms with Gasteiger partial charge in [-0.05, 0) is 24.6 Å². The van der Waals surface area contributed by atoms with E-state index in [9.17, 15) is 4.79 Å². The number of fused-ring (bicyclic) bond motifs is 1. The molecule has 0 spiro atoms. The molecule has 5 nitrogen and oxygen atoms in total. The van der Waals surface area contributed by atoms with Crippen molar-refractivity contribution in [2.45, 2.75) is 13.5 Å². The zero-order valence-electron chi connectivity index (χ0n) is 11.2. The third kappa shape index (κ3) is 2.30. The average Bonchev–Trinajstić information content (AvgIpc) is 3.09. The Morgan fingerprint density at radius 3 is 3.10 bits per heavy atom. The van der Waals surface area contributed by atoms with Gasteiger partial charge in [0.1, 0.15) is 0 Å². The fraction of sp³-hybridized carbons (Fsp3) is 0.200. The predicted molar refractivity (Wildman–Crippen MR) is 75.6 cm³/mol. The van der Waals surface area contributed by atoms with E-state index in [-0.39, 0.29) is 5.97 Å². The Balaban J connectivity index is 1.92. The lowest BCUT2D eigenvalue weighted by Gasteiger charge is -2.03. The van der Waals surface area contributed by atoms with Gasteiger partial charge in [0.2, 0.25) is 0 Å². The molecule has 0 amide bonds. The van der Waals surface area contributed by atoms with Crippen LogP contribution < -0.4 is 0 Å². The minimum Gasteiger partial charge on any atom is -0.462 e. The number of aromatic nitrogens is 3. The molecule has 102 valence electrons. The number of benzene rings is 1. The fourth-order valence-corrected chi connectivity index (χ4v) is 2.24. The van der Waals surface area contributed by atoms with Crippen molar-refractivity contribution in [2.24, 2.45) is 0 Å². The van der Waals surface area contributed by atoms with Gasteiger partial charge in [0.05, 0.1) is 25.0 Å². The van der Waals surface area contributed by atoms with Gasteiger partial charge in [-0.3, -0.25) is 0 Å². The normalized spacial score (nSPS) is 10.8. The highest BCUT2D eigenvalue weighted by molar-refractivity contribution is 5.95. The molecule has 0 unspecified atom stereocenters. The zero-order valence-corrected chi connectivity index (χ0v) is 11.2. The standard InChI is InChI=1S/C15H15N3O2/c1-2-20-15(19)11-3-4-13-12(8-17-14(13)7-11)9-18-6-5-16-10-18/h3-8,10,17H,2,9H2,1H3. The van der Waals surface area contributed by atoms with Crippen molar-refractivity contribution in [1.29, 1.82) is 0 Å². The van der Waals surface area contributed by atoms with E-state index in [4.69, 9.17) is 4.74 Å². The molecule has 3 aromatic rings. The Hall–Kier alpha value is -2.56. The van der Waals surface area contributed by atoms with E-state index in [0.29, 0.717) is 12.2 Å². The van der Waals surface area contributed by atoms with Gasteiger partial charge in [-0.2, -0.15) is 0 Å². The van der Waals surface area contributed by atoms with Gasteiger partial charge >= 0.3 is 5.97 Å². The second-order valence-electron chi connectivity index (χ2n) is 4.53. The topological polar surface area (TPSA) is 59.9 Å². The number of hydrogen-bond acceptors (Lipinski definition) is 3. The van der Waals surface area contributed by atoms with Gasteiger partial charge in [-0.15, -0.1) is 0 Å². The lowest BCUT2D eigenvalue weighted by Crippen LogP contribution is -2.04. The van der Waals surface area contributed by atoms with Crippen molar-refractivity contribution in [3.63, 3.8) is 0 Å². The quantitative estimate of drug-likeness (QED) is 0.740. The first-order valence-electron chi connectivity index (χ1n) is 6.51. The molecule has 1 N–H and O–H groups in total. The third-order valence-electron chi connectivity index (χ3n) is 3.19. The van der Waals surface area contributed by atoms with Crippen molar-refractivity contribution in [3.8, 4) is 0 Å². The predicted octanol–water partition coefficient (Wildman–Crippen LogP) is 2.59. The summed E-state index contributed by atoms with van der Waals surface area (Å²) in [5, 5.41) is 1.10. The number of hydrogen-bond donors (Lipinski definition) is 1. The Morgan fingerprint density at radius 1 is 1.45 bits per heavy atom. The SMILES string of the molecule is CCOC(=O)c1ccc2c(Cn3ccnc3)c[nH]c2c1. The average molecular weight is 269 g/mol. The van der Waals surface area contributed by atoms with Crippen molar-refractivity contribution in [2.75, 3.05) is 6.61 Å². The molecule has 5 heteroatoms. The smallest absolute Gasteiger partial charge is 0.338 e. The van der Waals surface area contributed by atoms with Crippen molar-refractivity contribution < 1.29 is 9.53 Å². The molecule has 0 radical (unpaired) electrons. The summed E-state index contributed by atoms with van der Waals surface area (Å²) < 4.78 is 7.01. The van der Waals surface area contributed by atoms with Crippen LogP contribution in [0, 0.1) is 0 Å². The minimum atomic E-state index is -0.292.